The Morgan fingerprint density at radius 3 is 0.500 bits per heavy atom. The lowest BCUT2D eigenvalue weighted by atomic mass is 10.0. The summed E-state index contributed by atoms with van der Waals surface area (Å²) in [7, 11) is 0. The summed E-state index contributed by atoms with van der Waals surface area (Å²) in [6, 6.07) is 135. The molecule has 0 aliphatic heterocycles. The predicted octanol–water partition coefficient (Wildman–Crippen LogP) is 25.1. The van der Waals surface area contributed by atoms with Crippen molar-refractivity contribution in [1.82, 2.24) is 42.4 Å². The van der Waals surface area contributed by atoms with Crippen molar-refractivity contribution >= 4 is 131 Å². The summed E-state index contributed by atoms with van der Waals surface area (Å²) in [4.78, 5) is 17.5. The number of fused-ring (bicyclic) bond motifs is 18. The normalized spacial score (nSPS) is 12.1. The SMILES string of the molecule is c1cc(-c2cc(-n3c4ccccc4c4ccccc43)cc(-n3c4ccccc4c4ccccc43)c2)cc(-c2nc(-c3cc(-n4c5ccccc5c5ccccc54)cc(-n4c5ccccc5c5ccccc54)c3)nc(-c3cc(-n4c5ccccc5c5ccccc54)cc(-n4c5ccccc5c5ccccc54)c3)n2)c1. The molecule has 7 heterocycles. The molecule has 16 aromatic carbocycles. The fourth-order valence-electron chi connectivity index (χ4n) is 17.8. The molecule has 0 N–H and O–H groups in total. The lowest BCUT2D eigenvalue weighted by molar-refractivity contribution is 1.06. The molecule has 502 valence electrons. The van der Waals surface area contributed by atoms with E-state index >= 15 is 0 Å². The molecule has 0 bridgehead atoms. The van der Waals surface area contributed by atoms with Crippen molar-refractivity contribution < 1.29 is 0 Å². The lowest BCUT2D eigenvalue weighted by Crippen LogP contribution is -2.05. The van der Waals surface area contributed by atoms with Gasteiger partial charge in [0.2, 0.25) is 0 Å². The van der Waals surface area contributed by atoms with Crippen LogP contribution in [0.3, 0.4) is 0 Å². The first-order chi connectivity index (χ1) is 53.6. The van der Waals surface area contributed by atoms with Gasteiger partial charge in [0.15, 0.2) is 17.5 Å². The molecule has 0 unspecified atom stereocenters. The second-order valence-corrected chi connectivity index (χ2v) is 28.3. The van der Waals surface area contributed by atoms with E-state index in [2.05, 4.69) is 397 Å². The van der Waals surface area contributed by atoms with E-state index in [1.807, 2.05) is 0 Å². The number of benzene rings is 16. The molecular weight excluding hydrogens is 1320 g/mol. The largest absolute Gasteiger partial charge is 0.309 e. The Morgan fingerprint density at radius 2 is 0.296 bits per heavy atom. The van der Waals surface area contributed by atoms with Crippen LogP contribution in [-0.2, 0) is 0 Å². The van der Waals surface area contributed by atoms with Crippen LogP contribution in [0.1, 0.15) is 0 Å². The van der Waals surface area contributed by atoms with E-state index in [0.29, 0.717) is 17.5 Å². The Bertz CT molecular complexity index is 6710. The number of hydrogen-bond donors (Lipinski definition) is 0. The monoisotopic (exact) mass is 1380 g/mol. The Kier molecular flexibility index (Phi) is 13.0. The lowest BCUT2D eigenvalue weighted by Gasteiger charge is -2.17. The zero-order valence-corrected chi connectivity index (χ0v) is 58.2. The average molecular weight is 1380 g/mol. The highest BCUT2D eigenvalue weighted by atomic mass is 15.1. The van der Waals surface area contributed by atoms with Gasteiger partial charge in [0.05, 0.1) is 66.2 Å². The first kappa shape index (κ1) is 59.8. The number of para-hydroxylation sites is 12. The van der Waals surface area contributed by atoms with Crippen molar-refractivity contribution in [2.24, 2.45) is 0 Å². The molecule has 9 nitrogen and oxygen atoms in total. The van der Waals surface area contributed by atoms with Crippen LogP contribution in [0.2, 0.25) is 0 Å². The van der Waals surface area contributed by atoms with Crippen molar-refractivity contribution in [3.05, 3.63) is 370 Å². The van der Waals surface area contributed by atoms with E-state index in [4.69, 9.17) is 15.0 Å². The summed E-state index contributed by atoms with van der Waals surface area (Å²) < 4.78 is 14.5. The van der Waals surface area contributed by atoms with Crippen molar-refractivity contribution in [2.75, 3.05) is 0 Å². The van der Waals surface area contributed by atoms with Gasteiger partial charge in [-0.3, -0.25) is 0 Å². The molecule has 23 aromatic rings. The zero-order valence-electron chi connectivity index (χ0n) is 58.2. The molecule has 23 rings (SSSR count). The highest BCUT2D eigenvalue weighted by Crippen LogP contribution is 2.44. The van der Waals surface area contributed by atoms with Crippen molar-refractivity contribution in [2.45, 2.75) is 0 Å². The van der Waals surface area contributed by atoms with E-state index in [0.717, 1.165) is 128 Å². The fraction of sp³-hybridized carbons (Fsp3) is 0. The summed E-state index contributed by atoms with van der Waals surface area (Å²) in [6.45, 7) is 0. The van der Waals surface area contributed by atoms with Crippen LogP contribution in [0.25, 0.3) is 210 Å². The molecule has 0 fully saturated rings. The van der Waals surface area contributed by atoms with Gasteiger partial charge in [-0.15, -0.1) is 0 Å². The van der Waals surface area contributed by atoms with Gasteiger partial charge in [0.25, 0.3) is 0 Å². The van der Waals surface area contributed by atoms with Gasteiger partial charge in [0.1, 0.15) is 0 Å². The van der Waals surface area contributed by atoms with Crippen molar-refractivity contribution in [3.8, 4) is 79.4 Å². The maximum atomic E-state index is 5.88. The maximum absolute atomic E-state index is 5.88. The van der Waals surface area contributed by atoms with Gasteiger partial charge in [-0.1, -0.05) is 237 Å². The maximum Gasteiger partial charge on any atom is 0.164 e. The van der Waals surface area contributed by atoms with Crippen LogP contribution >= 0.6 is 0 Å². The molecule has 108 heavy (non-hydrogen) atoms. The highest BCUT2D eigenvalue weighted by Gasteiger charge is 2.25. The molecule has 0 saturated carbocycles. The van der Waals surface area contributed by atoms with Crippen molar-refractivity contribution in [3.63, 3.8) is 0 Å². The molecule has 0 spiro atoms. The molecule has 0 atom stereocenters. The van der Waals surface area contributed by atoms with E-state index in [9.17, 15) is 0 Å². The summed E-state index contributed by atoms with van der Waals surface area (Å²) in [6.07, 6.45) is 0. The predicted molar refractivity (Wildman–Crippen MR) is 448 cm³/mol. The summed E-state index contributed by atoms with van der Waals surface area (Å²) in [5, 5.41) is 14.2. The quantitative estimate of drug-likeness (QED) is 0.137. The van der Waals surface area contributed by atoms with Crippen LogP contribution in [-0.4, -0.2) is 42.4 Å². The molecule has 0 aliphatic carbocycles. The van der Waals surface area contributed by atoms with Crippen LogP contribution in [0.15, 0.2) is 370 Å². The van der Waals surface area contributed by atoms with Gasteiger partial charge < -0.3 is 27.4 Å². The second kappa shape index (κ2) is 23.4. The second-order valence-electron chi connectivity index (χ2n) is 28.3. The van der Waals surface area contributed by atoms with E-state index in [1.165, 1.54) is 64.6 Å². The smallest absolute Gasteiger partial charge is 0.164 e. The third-order valence-corrected chi connectivity index (χ3v) is 22.3. The third kappa shape index (κ3) is 9.03. The Labute approximate surface area is 618 Å². The summed E-state index contributed by atoms with van der Waals surface area (Å²) in [5.74, 6) is 1.57. The number of rotatable bonds is 10. The molecule has 0 saturated heterocycles. The first-order valence-electron chi connectivity index (χ1n) is 36.8. The van der Waals surface area contributed by atoms with E-state index < -0.39 is 0 Å². The standard InChI is InChI=1S/C99H61N9/c1-13-40-85-73(28-1)74-29-2-14-41-86(74)103(85)67-53-64(54-68(59-67)104-87-42-15-3-30-75(87)76-31-4-16-43-88(76)104)62-26-25-27-63(52-62)97-100-98(65-55-69(105-89-44-17-5-32-77(89)78-33-6-18-45-90(78)105)60-70(56-65)106-91-46-19-7-34-79(91)80-35-8-20-47-92(80)106)102-99(101-97)66-57-71(107-93-48-21-9-36-81(93)82-37-10-22-49-94(82)107)61-72(58-66)108-95-50-23-11-38-83(95)84-39-12-24-51-96(84)108/h1-61H. The Balaban J connectivity index is 0.810. The zero-order chi connectivity index (χ0) is 70.7. The average Bonchev–Trinajstić information content (AvgIpc) is 1.33. The van der Waals surface area contributed by atoms with E-state index in [1.54, 1.807) is 0 Å². The van der Waals surface area contributed by atoms with Gasteiger partial charge in [-0.2, -0.15) is 0 Å². The number of hydrogen-bond acceptors (Lipinski definition) is 3. The van der Waals surface area contributed by atoms with Gasteiger partial charge in [0, 0.05) is 115 Å². The van der Waals surface area contributed by atoms with Crippen LogP contribution < -0.4 is 0 Å². The van der Waals surface area contributed by atoms with Crippen LogP contribution in [0.4, 0.5) is 0 Å². The minimum Gasteiger partial charge on any atom is -0.309 e. The minimum atomic E-state index is 0.521. The molecule has 9 heteroatoms. The summed E-state index contributed by atoms with van der Waals surface area (Å²) >= 11 is 0. The number of aromatic nitrogens is 9. The number of nitrogens with zero attached hydrogens (tertiary/aromatic N) is 9. The van der Waals surface area contributed by atoms with Gasteiger partial charge in [-0.05, 0) is 145 Å². The Hall–Kier alpha value is -14.7. The van der Waals surface area contributed by atoms with Gasteiger partial charge >= 0.3 is 0 Å². The van der Waals surface area contributed by atoms with Crippen molar-refractivity contribution in [1.29, 1.82) is 0 Å². The molecule has 0 radical (unpaired) electrons. The van der Waals surface area contributed by atoms with Crippen LogP contribution in [0, 0.1) is 0 Å². The first-order valence-corrected chi connectivity index (χ1v) is 36.8. The molecule has 7 aromatic heterocycles. The van der Waals surface area contributed by atoms with Gasteiger partial charge in [-0.25, -0.2) is 15.0 Å². The fourth-order valence-corrected chi connectivity index (χ4v) is 17.8. The third-order valence-electron chi connectivity index (χ3n) is 22.3. The minimum absolute atomic E-state index is 0.521. The Morgan fingerprint density at radius 1 is 0.130 bits per heavy atom. The van der Waals surface area contributed by atoms with E-state index in [-0.39, 0.29) is 0 Å². The molecular formula is C99H61N9. The van der Waals surface area contributed by atoms with Crippen LogP contribution in [0.5, 0.6) is 0 Å². The summed E-state index contributed by atoms with van der Waals surface area (Å²) in [5.41, 5.74) is 23.8. The molecule has 0 aliphatic rings. The topological polar surface area (TPSA) is 68.2 Å². The highest BCUT2D eigenvalue weighted by molar-refractivity contribution is 6.15. The molecule has 0 amide bonds.